The average molecular weight is 1170 g/mol. The summed E-state index contributed by atoms with van der Waals surface area (Å²) >= 11 is 0. The summed E-state index contributed by atoms with van der Waals surface area (Å²) < 4.78 is 23.4. The number of allylic oxidation sites excluding steroid dienone is 25. The fourth-order valence-corrected chi connectivity index (χ4v) is 9.52. The third-order valence-electron chi connectivity index (χ3n) is 13.9. The van der Waals surface area contributed by atoms with Crippen molar-refractivity contribution in [2.75, 3.05) is 40.9 Å². The monoisotopic (exact) mass is 1170 g/mol. The molecule has 0 saturated heterocycles. The van der Waals surface area contributed by atoms with Crippen LogP contribution in [0.15, 0.2) is 158 Å². The topological polar surface area (TPSA) is 108 Å². The van der Waals surface area contributed by atoms with Gasteiger partial charge in [0.25, 0.3) is 7.82 Å². The number of unbranched alkanes of at least 4 members (excludes halogenated alkanes) is 22. The van der Waals surface area contributed by atoms with Crippen LogP contribution in [-0.2, 0) is 18.4 Å². The molecule has 0 fully saturated rings. The molecule has 0 aliphatic rings. The van der Waals surface area contributed by atoms with E-state index >= 15 is 0 Å². The normalized spacial score (nSPS) is 14.7. The van der Waals surface area contributed by atoms with Crippen LogP contribution in [0, 0.1) is 0 Å². The summed E-state index contributed by atoms with van der Waals surface area (Å²) in [6.45, 7) is 4.49. The number of phosphoric ester groups is 1. The number of carbonyl (C=O) groups is 1. The first kappa shape index (κ1) is 79.1. The summed E-state index contributed by atoms with van der Waals surface area (Å²) in [6.07, 6.45) is 97.7. The first-order valence-electron chi connectivity index (χ1n) is 33.3. The van der Waals surface area contributed by atoms with Crippen LogP contribution in [0.1, 0.15) is 251 Å². The Balaban J connectivity index is 4.17. The molecule has 0 aromatic rings. The fraction of sp³-hybridized carbons (Fsp3) is 0.635. The SMILES string of the molecule is CC/C=C\C/C=C\C/C=C\C/C=C\C/C=C\C/C=C\C/C=C\C/C=C\C/C=C\C/C=C\CCCCCCCCCCCCC(=O)NC(COP(=O)([O-])OCC[N+](C)(C)C)C(O)/C=C/CC/C=C/CC/C=C/CCCCCCCCCCCC. The lowest BCUT2D eigenvalue weighted by molar-refractivity contribution is -0.870. The predicted octanol–water partition coefficient (Wildman–Crippen LogP) is 20.7. The van der Waals surface area contributed by atoms with Crippen LogP contribution in [0.2, 0.25) is 0 Å². The van der Waals surface area contributed by atoms with Crippen molar-refractivity contribution in [3.05, 3.63) is 158 Å². The van der Waals surface area contributed by atoms with Crippen LogP contribution in [-0.4, -0.2) is 68.5 Å². The van der Waals surface area contributed by atoms with Crippen LogP contribution >= 0.6 is 7.82 Å². The Labute approximate surface area is 511 Å². The van der Waals surface area contributed by atoms with Crippen molar-refractivity contribution in [2.24, 2.45) is 0 Å². The van der Waals surface area contributed by atoms with Gasteiger partial charge in [-0.25, -0.2) is 0 Å². The molecular formula is C74H125N2O6P. The zero-order valence-corrected chi connectivity index (χ0v) is 54.7. The molecule has 0 aliphatic carbocycles. The summed E-state index contributed by atoms with van der Waals surface area (Å²) in [5, 5.41) is 13.9. The lowest BCUT2D eigenvalue weighted by Crippen LogP contribution is -2.45. The van der Waals surface area contributed by atoms with E-state index in [0.717, 1.165) is 122 Å². The van der Waals surface area contributed by atoms with Crippen LogP contribution in [0.25, 0.3) is 0 Å². The Kier molecular flexibility index (Phi) is 59.7. The molecule has 3 unspecified atom stereocenters. The number of carbonyl (C=O) groups excluding carboxylic acids is 1. The van der Waals surface area contributed by atoms with Gasteiger partial charge in [-0.1, -0.05) is 281 Å². The van der Waals surface area contributed by atoms with Crippen LogP contribution in [0.4, 0.5) is 0 Å². The Morgan fingerprint density at radius 1 is 0.434 bits per heavy atom. The van der Waals surface area contributed by atoms with Gasteiger partial charge in [-0.15, -0.1) is 0 Å². The van der Waals surface area contributed by atoms with Gasteiger partial charge in [0, 0.05) is 6.42 Å². The van der Waals surface area contributed by atoms with Crippen molar-refractivity contribution in [3.8, 4) is 0 Å². The molecule has 0 spiro atoms. The highest BCUT2D eigenvalue weighted by molar-refractivity contribution is 7.45. The maximum atomic E-state index is 13.0. The Bertz CT molecular complexity index is 1910. The number of likely N-dealkylation sites (N-methyl/N-ethyl adjacent to an activating group) is 1. The van der Waals surface area contributed by atoms with Gasteiger partial charge in [-0.3, -0.25) is 9.36 Å². The Hall–Kier alpha value is -3.88. The molecule has 9 heteroatoms. The van der Waals surface area contributed by atoms with Gasteiger partial charge in [0.15, 0.2) is 0 Å². The second-order valence-corrected chi connectivity index (χ2v) is 24.5. The van der Waals surface area contributed by atoms with Gasteiger partial charge in [0.2, 0.25) is 5.91 Å². The lowest BCUT2D eigenvalue weighted by Gasteiger charge is -2.29. The van der Waals surface area contributed by atoms with E-state index in [1.54, 1.807) is 6.08 Å². The summed E-state index contributed by atoms with van der Waals surface area (Å²) in [5.41, 5.74) is 0. The zero-order valence-electron chi connectivity index (χ0n) is 53.8. The van der Waals surface area contributed by atoms with Crippen LogP contribution < -0.4 is 10.2 Å². The smallest absolute Gasteiger partial charge is 0.268 e. The number of aliphatic hydroxyl groups is 1. The quantitative estimate of drug-likeness (QED) is 0.0272. The van der Waals surface area contributed by atoms with Crippen molar-refractivity contribution in [1.29, 1.82) is 0 Å². The molecular weight excluding hydrogens is 1040 g/mol. The fourth-order valence-electron chi connectivity index (χ4n) is 8.80. The van der Waals surface area contributed by atoms with Gasteiger partial charge in [-0.05, 0) is 122 Å². The molecule has 0 heterocycles. The van der Waals surface area contributed by atoms with Crippen molar-refractivity contribution in [3.63, 3.8) is 0 Å². The maximum Gasteiger partial charge on any atom is 0.268 e. The van der Waals surface area contributed by atoms with E-state index in [1.807, 2.05) is 27.2 Å². The van der Waals surface area contributed by atoms with Crippen molar-refractivity contribution in [2.45, 2.75) is 264 Å². The molecule has 472 valence electrons. The minimum Gasteiger partial charge on any atom is -0.756 e. The number of quaternary nitrogens is 1. The molecule has 1 amide bonds. The van der Waals surface area contributed by atoms with Crippen LogP contribution in [0.5, 0.6) is 0 Å². The number of hydrogen-bond donors (Lipinski definition) is 2. The zero-order chi connectivity index (χ0) is 60.5. The number of nitrogens with zero attached hydrogens (tertiary/aromatic N) is 1. The molecule has 0 saturated carbocycles. The molecule has 0 aromatic heterocycles. The highest BCUT2D eigenvalue weighted by Gasteiger charge is 2.23. The van der Waals surface area contributed by atoms with Gasteiger partial charge >= 0.3 is 0 Å². The van der Waals surface area contributed by atoms with E-state index in [4.69, 9.17) is 9.05 Å². The number of nitrogens with one attached hydrogen (secondary N) is 1. The standard InChI is InChI=1S/C74H125N2O6P/c1-6-8-10-12-14-16-18-20-22-24-26-28-29-30-31-32-33-34-35-36-37-38-39-40-41-42-43-44-45-46-47-48-50-52-54-56-58-60-62-64-66-68-74(78)75-72(71-82-83(79,80)81-70-69-76(3,4)5)73(77)67-65-63-61-59-57-55-53-51-49-27-25-23-21-19-17-15-13-11-9-7-2/h8,10,14,16,20,22,26,28,30-31,33-34,36-37,39-40,42-43,45-46,49,51,57,59,65,67,72-73,77H,6-7,9,11-13,15,17-19,21,23-25,27,29,32,35,38,41,44,47-48,50,52-56,58,60-64,66,68-71H2,1-5H3,(H-,75,78,79,80)/b10-8-,16-14-,22-20-,28-26-,31-30-,34-33-,37-36-,40-39-,43-42-,46-45-,51-49+,59-57+,67-65+. The van der Waals surface area contributed by atoms with E-state index in [2.05, 4.69) is 165 Å². The van der Waals surface area contributed by atoms with E-state index in [9.17, 15) is 19.4 Å². The van der Waals surface area contributed by atoms with Gasteiger partial charge < -0.3 is 28.8 Å². The number of hydrogen-bond acceptors (Lipinski definition) is 6. The highest BCUT2D eigenvalue weighted by Crippen LogP contribution is 2.38. The summed E-state index contributed by atoms with van der Waals surface area (Å²) in [4.78, 5) is 25.6. The van der Waals surface area contributed by atoms with Crippen LogP contribution in [0.3, 0.4) is 0 Å². The number of aliphatic hydroxyl groups excluding tert-OH is 1. The van der Waals surface area contributed by atoms with Gasteiger partial charge in [-0.2, -0.15) is 0 Å². The molecule has 83 heavy (non-hydrogen) atoms. The molecule has 0 bridgehead atoms. The van der Waals surface area contributed by atoms with E-state index < -0.39 is 26.6 Å². The molecule has 2 N–H and O–H groups in total. The Morgan fingerprint density at radius 3 is 1.12 bits per heavy atom. The van der Waals surface area contributed by atoms with Gasteiger partial charge in [0.05, 0.1) is 39.9 Å². The largest absolute Gasteiger partial charge is 0.756 e. The molecule has 0 aliphatic heterocycles. The molecule has 8 nitrogen and oxygen atoms in total. The lowest BCUT2D eigenvalue weighted by atomic mass is 10.0. The third-order valence-corrected chi connectivity index (χ3v) is 14.9. The van der Waals surface area contributed by atoms with E-state index in [-0.39, 0.29) is 12.5 Å². The first-order valence-corrected chi connectivity index (χ1v) is 34.8. The minimum absolute atomic E-state index is 0.0172. The highest BCUT2D eigenvalue weighted by atomic mass is 31.2. The molecule has 0 radical (unpaired) electrons. The number of amides is 1. The third kappa shape index (κ3) is 65.5. The summed E-state index contributed by atoms with van der Waals surface area (Å²) in [6, 6.07) is -0.924. The second-order valence-electron chi connectivity index (χ2n) is 23.1. The van der Waals surface area contributed by atoms with Crippen molar-refractivity contribution >= 4 is 13.7 Å². The Morgan fingerprint density at radius 2 is 0.747 bits per heavy atom. The average Bonchev–Trinajstić information content (AvgIpc) is 3.49. The first-order chi connectivity index (χ1) is 40.5. The minimum atomic E-state index is -4.62. The predicted molar refractivity (Wildman–Crippen MR) is 361 cm³/mol. The van der Waals surface area contributed by atoms with Crippen molar-refractivity contribution in [1.82, 2.24) is 5.32 Å². The number of rotatable bonds is 59. The summed E-state index contributed by atoms with van der Waals surface area (Å²) in [5.74, 6) is -0.222. The second kappa shape index (κ2) is 62.6. The molecule has 0 rings (SSSR count). The maximum absolute atomic E-state index is 13.0. The van der Waals surface area contributed by atoms with Gasteiger partial charge in [0.1, 0.15) is 13.2 Å². The van der Waals surface area contributed by atoms with E-state index in [1.165, 1.54) is 109 Å². The molecule has 3 atom stereocenters. The molecule has 0 aromatic carbocycles. The van der Waals surface area contributed by atoms with E-state index in [0.29, 0.717) is 17.4 Å². The summed E-state index contributed by atoms with van der Waals surface area (Å²) in [7, 11) is 1.21. The van der Waals surface area contributed by atoms with Crippen molar-refractivity contribution < 1.29 is 32.9 Å². The number of phosphoric acid groups is 1.